The fraction of sp³-hybridized carbons (Fsp3) is 0.267. The lowest BCUT2D eigenvalue weighted by Crippen LogP contribution is -2.33. The minimum atomic E-state index is -0.571. The highest BCUT2D eigenvalue weighted by molar-refractivity contribution is 6.06. The van der Waals surface area contributed by atoms with Gasteiger partial charge in [0.1, 0.15) is 0 Å². The van der Waals surface area contributed by atoms with Gasteiger partial charge < -0.3 is 5.32 Å². The topological polar surface area (TPSA) is 65.8 Å². The van der Waals surface area contributed by atoms with E-state index in [1.807, 2.05) is 12.1 Å². The second-order valence-electron chi connectivity index (χ2n) is 5.05. The van der Waals surface area contributed by atoms with E-state index >= 15 is 0 Å². The molecule has 1 aromatic carbocycles. The fourth-order valence-corrected chi connectivity index (χ4v) is 1.74. The van der Waals surface area contributed by atoms with Gasteiger partial charge in [-0.25, -0.2) is 0 Å². The highest BCUT2D eigenvalue weighted by Gasteiger charge is 2.18. The predicted octanol–water partition coefficient (Wildman–Crippen LogP) is 2.51. The first-order valence-electron chi connectivity index (χ1n) is 6.07. The van der Waals surface area contributed by atoms with Crippen LogP contribution in [0.4, 0.5) is 0 Å². The number of pyridine rings is 1. The third kappa shape index (κ3) is 2.89. The van der Waals surface area contributed by atoms with Gasteiger partial charge in [0.25, 0.3) is 5.91 Å². The Kier molecular flexibility index (Phi) is 3.48. The van der Waals surface area contributed by atoms with Crippen LogP contribution in [0.2, 0.25) is 0 Å². The zero-order valence-corrected chi connectivity index (χ0v) is 11.0. The van der Waals surface area contributed by atoms with Gasteiger partial charge in [0.2, 0.25) is 0 Å². The van der Waals surface area contributed by atoms with Crippen LogP contribution in [0.1, 0.15) is 24.2 Å². The van der Waals surface area contributed by atoms with Crippen LogP contribution < -0.4 is 5.32 Å². The van der Waals surface area contributed by atoms with Crippen molar-refractivity contribution in [2.75, 3.05) is 6.54 Å². The summed E-state index contributed by atoms with van der Waals surface area (Å²) in [6.07, 6.45) is 1.70. The summed E-state index contributed by atoms with van der Waals surface area (Å²) in [5.74, 6) is -0.179. The Morgan fingerprint density at radius 1 is 1.37 bits per heavy atom. The van der Waals surface area contributed by atoms with Crippen LogP contribution in [0, 0.1) is 16.7 Å². The summed E-state index contributed by atoms with van der Waals surface area (Å²) < 4.78 is 0. The third-order valence-corrected chi connectivity index (χ3v) is 2.88. The molecule has 0 atom stereocenters. The number of hydrogen-bond acceptors (Lipinski definition) is 3. The Labute approximate surface area is 112 Å². The van der Waals surface area contributed by atoms with Crippen molar-refractivity contribution in [3.8, 4) is 6.07 Å². The largest absolute Gasteiger partial charge is 0.350 e. The van der Waals surface area contributed by atoms with Crippen molar-refractivity contribution in [2.45, 2.75) is 13.8 Å². The number of carbonyl (C=O) groups excluding carboxylic acids is 1. The summed E-state index contributed by atoms with van der Waals surface area (Å²) in [6.45, 7) is 3.90. The van der Waals surface area contributed by atoms with Crippen LogP contribution >= 0.6 is 0 Å². The lowest BCUT2D eigenvalue weighted by atomic mass is 9.96. The van der Waals surface area contributed by atoms with Gasteiger partial charge in [0.05, 0.1) is 17.0 Å². The second-order valence-corrected chi connectivity index (χ2v) is 5.05. The zero-order valence-electron chi connectivity index (χ0n) is 11.0. The van der Waals surface area contributed by atoms with Gasteiger partial charge in [0, 0.05) is 23.7 Å². The average molecular weight is 253 g/mol. The molecular weight excluding hydrogens is 238 g/mol. The van der Waals surface area contributed by atoms with Gasteiger partial charge in [-0.05, 0) is 32.0 Å². The van der Waals surface area contributed by atoms with E-state index in [0.29, 0.717) is 12.1 Å². The van der Waals surface area contributed by atoms with Crippen molar-refractivity contribution >= 4 is 16.8 Å². The summed E-state index contributed by atoms with van der Waals surface area (Å²) in [5.41, 5.74) is 0.799. The maximum Gasteiger partial charge on any atom is 0.252 e. The van der Waals surface area contributed by atoms with Crippen molar-refractivity contribution < 1.29 is 4.79 Å². The number of nitrogens with zero attached hydrogens (tertiary/aromatic N) is 2. The predicted molar refractivity (Wildman–Crippen MR) is 73.5 cm³/mol. The van der Waals surface area contributed by atoms with Crippen molar-refractivity contribution in [1.29, 1.82) is 5.26 Å². The maximum atomic E-state index is 12.2. The van der Waals surface area contributed by atoms with E-state index < -0.39 is 5.41 Å². The van der Waals surface area contributed by atoms with Crippen molar-refractivity contribution in [3.05, 3.63) is 42.1 Å². The van der Waals surface area contributed by atoms with Gasteiger partial charge >= 0.3 is 0 Å². The van der Waals surface area contributed by atoms with Crippen molar-refractivity contribution in [3.63, 3.8) is 0 Å². The Morgan fingerprint density at radius 3 is 2.89 bits per heavy atom. The minimum absolute atomic E-state index is 0.179. The number of amides is 1. The molecule has 19 heavy (non-hydrogen) atoms. The Balaban J connectivity index is 2.26. The molecule has 4 heteroatoms. The molecule has 0 saturated heterocycles. The van der Waals surface area contributed by atoms with Gasteiger partial charge in [-0.3, -0.25) is 9.78 Å². The molecule has 1 amide bonds. The molecule has 2 aromatic rings. The molecule has 1 heterocycles. The van der Waals surface area contributed by atoms with Gasteiger partial charge in [0.15, 0.2) is 0 Å². The molecule has 0 aliphatic rings. The number of aromatic nitrogens is 1. The molecular formula is C15H15N3O. The molecule has 4 nitrogen and oxygen atoms in total. The molecule has 1 aromatic heterocycles. The maximum absolute atomic E-state index is 12.2. The second kappa shape index (κ2) is 5.07. The average Bonchev–Trinajstić information content (AvgIpc) is 2.44. The number of nitrogens with one attached hydrogen (secondary N) is 1. The van der Waals surface area contributed by atoms with E-state index in [1.54, 1.807) is 38.2 Å². The summed E-state index contributed by atoms with van der Waals surface area (Å²) in [5, 5.41) is 12.5. The first-order valence-corrected chi connectivity index (χ1v) is 6.07. The van der Waals surface area contributed by atoms with Crippen LogP contribution in [-0.2, 0) is 0 Å². The highest BCUT2D eigenvalue weighted by atomic mass is 16.1. The van der Waals surface area contributed by atoms with Crippen molar-refractivity contribution in [1.82, 2.24) is 10.3 Å². The normalized spacial score (nSPS) is 11.0. The third-order valence-electron chi connectivity index (χ3n) is 2.88. The van der Waals surface area contributed by atoms with E-state index in [2.05, 4.69) is 16.4 Å². The highest BCUT2D eigenvalue weighted by Crippen LogP contribution is 2.17. The zero-order chi connectivity index (χ0) is 13.9. The number of carbonyl (C=O) groups is 1. The molecule has 0 radical (unpaired) electrons. The molecule has 0 fully saturated rings. The van der Waals surface area contributed by atoms with Crippen LogP contribution in [0.3, 0.4) is 0 Å². The lowest BCUT2D eigenvalue weighted by molar-refractivity contribution is 0.0945. The number of fused-ring (bicyclic) bond motifs is 1. The SMILES string of the molecule is CC(C)(C#N)CNC(=O)c1cccc2ncccc12. The minimum Gasteiger partial charge on any atom is -0.350 e. The monoisotopic (exact) mass is 253 g/mol. The number of hydrogen-bond donors (Lipinski definition) is 1. The van der Waals surface area contributed by atoms with Crippen LogP contribution in [0.25, 0.3) is 10.9 Å². The number of nitriles is 1. The summed E-state index contributed by atoms with van der Waals surface area (Å²) in [4.78, 5) is 16.4. The first-order chi connectivity index (χ1) is 9.03. The first kappa shape index (κ1) is 13.0. The fourth-order valence-electron chi connectivity index (χ4n) is 1.74. The summed E-state index contributed by atoms with van der Waals surface area (Å²) >= 11 is 0. The lowest BCUT2D eigenvalue weighted by Gasteiger charge is -2.16. The smallest absolute Gasteiger partial charge is 0.252 e. The van der Waals surface area contributed by atoms with Crippen LogP contribution in [-0.4, -0.2) is 17.4 Å². The molecule has 0 aliphatic carbocycles. The van der Waals surface area contributed by atoms with Gasteiger partial charge in [-0.2, -0.15) is 5.26 Å². The van der Waals surface area contributed by atoms with E-state index in [1.165, 1.54) is 0 Å². The molecule has 0 bridgehead atoms. The van der Waals surface area contributed by atoms with E-state index in [4.69, 9.17) is 5.26 Å². The molecule has 2 rings (SSSR count). The number of rotatable bonds is 3. The molecule has 1 N–H and O–H groups in total. The standard InChI is InChI=1S/C15H15N3O/c1-15(2,9-16)10-18-14(19)12-5-3-7-13-11(12)6-4-8-17-13/h3-8H,10H2,1-2H3,(H,18,19). The van der Waals surface area contributed by atoms with Gasteiger partial charge in [-0.15, -0.1) is 0 Å². The molecule has 0 saturated carbocycles. The van der Waals surface area contributed by atoms with Crippen LogP contribution in [0.15, 0.2) is 36.5 Å². The quantitative estimate of drug-likeness (QED) is 0.914. The Morgan fingerprint density at radius 2 is 2.16 bits per heavy atom. The molecule has 96 valence electrons. The summed E-state index contributed by atoms with van der Waals surface area (Å²) in [6, 6.07) is 11.3. The van der Waals surface area contributed by atoms with E-state index in [-0.39, 0.29) is 5.91 Å². The van der Waals surface area contributed by atoms with E-state index in [9.17, 15) is 4.79 Å². The molecule has 0 spiro atoms. The van der Waals surface area contributed by atoms with Crippen molar-refractivity contribution in [2.24, 2.45) is 5.41 Å². The Bertz CT molecular complexity index is 650. The molecule has 0 aliphatic heterocycles. The number of benzene rings is 1. The molecule has 0 unspecified atom stereocenters. The Hall–Kier alpha value is -2.41. The summed E-state index contributed by atoms with van der Waals surface area (Å²) in [7, 11) is 0. The van der Waals surface area contributed by atoms with Crippen LogP contribution in [0.5, 0.6) is 0 Å². The van der Waals surface area contributed by atoms with Gasteiger partial charge in [-0.1, -0.05) is 12.1 Å². The van der Waals surface area contributed by atoms with E-state index in [0.717, 1.165) is 10.9 Å².